The first-order valence-electron chi connectivity index (χ1n) is 9.67. The Morgan fingerprint density at radius 1 is 1.04 bits per heavy atom. The molecule has 1 N–H and O–H groups in total. The van der Waals surface area contributed by atoms with E-state index in [0.29, 0.717) is 19.8 Å². The van der Waals surface area contributed by atoms with Crippen LogP contribution in [0.1, 0.15) is 6.92 Å². The number of anilines is 2. The van der Waals surface area contributed by atoms with E-state index >= 15 is 0 Å². The van der Waals surface area contributed by atoms with Gasteiger partial charge >= 0.3 is 0 Å². The molecule has 7 heteroatoms. The lowest BCUT2D eigenvalue weighted by Crippen LogP contribution is -2.50. The van der Waals surface area contributed by atoms with Crippen LogP contribution in [-0.2, 0) is 0 Å². The quantitative estimate of drug-likeness (QED) is 0.791. The van der Waals surface area contributed by atoms with Crippen molar-refractivity contribution >= 4 is 28.7 Å². The SMILES string of the molecule is CCOc1ccccc1N1CCN(C(=S)Nc2ccc3c(c2)OCCO3)CC1. The van der Waals surface area contributed by atoms with Crippen molar-refractivity contribution in [2.45, 2.75) is 6.92 Å². The molecule has 4 rings (SSSR count). The minimum absolute atomic E-state index is 0.575. The van der Waals surface area contributed by atoms with Gasteiger partial charge in [0.2, 0.25) is 0 Å². The normalized spacial score (nSPS) is 15.9. The Balaban J connectivity index is 1.35. The van der Waals surface area contributed by atoms with E-state index in [1.807, 2.05) is 37.3 Å². The maximum absolute atomic E-state index is 5.77. The number of rotatable bonds is 4. The zero-order valence-electron chi connectivity index (χ0n) is 16.0. The molecule has 0 radical (unpaired) electrons. The standard InChI is InChI=1S/C21H25N3O3S/c1-2-25-18-6-4-3-5-17(18)23-9-11-24(12-10-23)21(28)22-16-7-8-19-20(15-16)27-14-13-26-19/h3-8,15H,2,9-14H2,1H3,(H,22,28). The van der Waals surface area contributed by atoms with Crippen LogP contribution in [0.25, 0.3) is 0 Å². The number of nitrogens with zero attached hydrogens (tertiary/aromatic N) is 2. The molecular weight excluding hydrogens is 374 g/mol. The minimum atomic E-state index is 0.575. The first kappa shape index (κ1) is 18.7. The molecule has 0 unspecified atom stereocenters. The third-order valence-electron chi connectivity index (χ3n) is 4.87. The Hall–Kier alpha value is -2.67. The average molecular weight is 400 g/mol. The number of nitrogens with one attached hydrogen (secondary N) is 1. The van der Waals surface area contributed by atoms with Crippen molar-refractivity contribution in [3.8, 4) is 17.2 Å². The highest BCUT2D eigenvalue weighted by Gasteiger charge is 2.21. The summed E-state index contributed by atoms with van der Waals surface area (Å²) in [6, 6.07) is 14.0. The second-order valence-corrected chi connectivity index (χ2v) is 7.05. The van der Waals surface area contributed by atoms with Crippen molar-refractivity contribution in [3.05, 3.63) is 42.5 Å². The lowest BCUT2D eigenvalue weighted by Gasteiger charge is -2.38. The van der Waals surface area contributed by atoms with Gasteiger partial charge in [0, 0.05) is 37.9 Å². The Morgan fingerprint density at radius 3 is 2.57 bits per heavy atom. The molecule has 2 aromatic carbocycles. The summed E-state index contributed by atoms with van der Waals surface area (Å²) in [5, 5.41) is 4.06. The zero-order chi connectivity index (χ0) is 19.3. The van der Waals surface area contributed by atoms with Gasteiger partial charge in [-0.1, -0.05) is 12.1 Å². The lowest BCUT2D eigenvalue weighted by atomic mass is 10.2. The van der Waals surface area contributed by atoms with Crippen molar-refractivity contribution in [1.82, 2.24) is 4.90 Å². The second kappa shape index (κ2) is 8.56. The van der Waals surface area contributed by atoms with E-state index in [-0.39, 0.29) is 0 Å². The maximum Gasteiger partial charge on any atom is 0.173 e. The van der Waals surface area contributed by atoms with Gasteiger partial charge in [0.15, 0.2) is 16.6 Å². The van der Waals surface area contributed by atoms with Gasteiger partial charge in [-0.3, -0.25) is 0 Å². The van der Waals surface area contributed by atoms with Gasteiger partial charge in [0.05, 0.1) is 12.3 Å². The van der Waals surface area contributed by atoms with Crippen LogP contribution >= 0.6 is 12.2 Å². The Bertz CT molecular complexity index is 837. The maximum atomic E-state index is 5.77. The van der Waals surface area contributed by atoms with E-state index in [1.54, 1.807) is 0 Å². The summed E-state index contributed by atoms with van der Waals surface area (Å²) in [5.41, 5.74) is 2.06. The molecule has 28 heavy (non-hydrogen) atoms. The van der Waals surface area contributed by atoms with Crippen LogP contribution in [0, 0.1) is 0 Å². The largest absolute Gasteiger partial charge is 0.492 e. The van der Waals surface area contributed by atoms with Gasteiger partial charge in [-0.05, 0) is 43.4 Å². The monoisotopic (exact) mass is 399 g/mol. The van der Waals surface area contributed by atoms with E-state index in [9.17, 15) is 0 Å². The predicted molar refractivity (Wildman–Crippen MR) is 115 cm³/mol. The minimum Gasteiger partial charge on any atom is -0.492 e. The van der Waals surface area contributed by atoms with Gasteiger partial charge in [0.1, 0.15) is 19.0 Å². The first-order valence-corrected chi connectivity index (χ1v) is 10.1. The molecule has 148 valence electrons. The molecule has 0 atom stereocenters. The molecule has 1 saturated heterocycles. The van der Waals surface area contributed by atoms with Crippen molar-refractivity contribution in [2.24, 2.45) is 0 Å². The fourth-order valence-corrected chi connectivity index (χ4v) is 3.77. The van der Waals surface area contributed by atoms with Gasteiger partial charge in [-0.15, -0.1) is 0 Å². The highest BCUT2D eigenvalue weighted by Crippen LogP contribution is 2.33. The van der Waals surface area contributed by atoms with Crippen molar-refractivity contribution in [3.63, 3.8) is 0 Å². The summed E-state index contributed by atoms with van der Waals surface area (Å²) < 4.78 is 17.0. The van der Waals surface area contributed by atoms with E-state index in [4.69, 9.17) is 26.4 Å². The summed E-state index contributed by atoms with van der Waals surface area (Å²) in [7, 11) is 0. The molecule has 0 aliphatic carbocycles. The summed E-state index contributed by atoms with van der Waals surface area (Å²) in [5.74, 6) is 2.48. The molecule has 1 fully saturated rings. The van der Waals surface area contributed by atoms with Crippen LogP contribution in [0.5, 0.6) is 17.2 Å². The number of piperazine rings is 1. The molecule has 6 nitrogen and oxygen atoms in total. The number of hydrogen-bond acceptors (Lipinski definition) is 5. The summed E-state index contributed by atoms with van der Waals surface area (Å²) in [6.07, 6.45) is 0. The number of para-hydroxylation sites is 2. The van der Waals surface area contributed by atoms with Crippen molar-refractivity contribution < 1.29 is 14.2 Å². The van der Waals surface area contributed by atoms with Gasteiger partial charge in [-0.25, -0.2) is 0 Å². The smallest absolute Gasteiger partial charge is 0.173 e. The van der Waals surface area contributed by atoms with E-state index in [1.165, 1.54) is 0 Å². The first-order chi connectivity index (χ1) is 13.7. The fourth-order valence-electron chi connectivity index (χ4n) is 3.47. The Labute approximate surface area is 171 Å². The Kier molecular flexibility index (Phi) is 5.71. The molecular formula is C21H25N3O3S. The summed E-state index contributed by atoms with van der Waals surface area (Å²) in [6.45, 7) is 7.35. The molecule has 0 saturated carbocycles. The number of thiocarbonyl (C=S) groups is 1. The molecule has 0 aromatic heterocycles. The second-order valence-electron chi connectivity index (χ2n) is 6.66. The highest BCUT2D eigenvalue weighted by atomic mass is 32.1. The van der Waals surface area contributed by atoms with Gasteiger partial charge < -0.3 is 29.3 Å². The highest BCUT2D eigenvalue weighted by molar-refractivity contribution is 7.80. The Morgan fingerprint density at radius 2 is 1.79 bits per heavy atom. The summed E-state index contributed by atoms with van der Waals surface area (Å²) >= 11 is 5.63. The number of ether oxygens (including phenoxy) is 3. The van der Waals surface area contributed by atoms with E-state index in [0.717, 1.165) is 59.9 Å². The fraction of sp³-hybridized carbons (Fsp3) is 0.381. The average Bonchev–Trinajstić information content (AvgIpc) is 2.74. The molecule has 0 bridgehead atoms. The van der Waals surface area contributed by atoms with Crippen LogP contribution < -0.4 is 24.4 Å². The van der Waals surface area contributed by atoms with Crippen LogP contribution in [-0.4, -0.2) is 56.0 Å². The molecule has 0 amide bonds. The van der Waals surface area contributed by atoms with Crippen LogP contribution in [0.4, 0.5) is 11.4 Å². The summed E-state index contributed by atoms with van der Waals surface area (Å²) in [4.78, 5) is 4.56. The zero-order valence-corrected chi connectivity index (χ0v) is 16.8. The third kappa shape index (κ3) is 4.09. The van der Waals surface area contributed by atoms with Gasteiger partial charge in [0.25, 0.3) is 0 Å². The van der Waals surface area contributed by atoms with Crippen molar-refractivity contribution in [2.75, 3.05) is 56.2 Å². The number of fused-ring (bicyclic) bond motifs is 1. The van der Waals surface area contributed by atoms with Gasteiger partial charge in [-0.2, -0.15) is 0 Å². The van der Waals surface area contributed by atoms with Crippen LogP contribution in [0.15, 0.2) is 42.5 Å². The number of hydrogen-bond donors (Lipinski definition) is 1. The van der Waals surface area contributed by atoms with E-state index in [2.05, 4.69) is 27.2 Å². The van der Waals surface area contributed by atoms with E-state index < -0.39 is 0 Å². The number of benzene rings is 2. The topological polar surface area (TPSA) is 46.2 Å². The lowest BCUT2D eigenvalue weighted by molar-refractivity contribution is 0.171. The third-order valence-corrected chi connectivity index (χ3v) is 5.23. The molecule has 2 aliphatic rings. The van der Waals surface area contributed by atoms with Crippen molar-refractivity contribution in [1.29, 1.82) is 0 Å². The molecule has 0 spiro atoms. The molecule has 2 aliphatic heterocycles. The predicted octanol–water partition coefficient (Wildman–Crippen LogP) is 3.38. The molecule has 2 aromatic rings. The van der Waals surface area contributed by atoms with Crippen LogP contribution in [0.2, 0.25) is 0 Å². The molecule has 2 heterocycles. The van der Waals surface area contributed by atoms with Crippen LogP contribution in [0.3, 0.4) is 0 Å².